The van der Waals surface area contributed by atoms with E-state index in [-0.39, 0.29) is 24.7 Å². The molecule has 1 atom stereocenters. The molecular weight excluding hydrogens is 232 g/mol. The van der Waals surface area contributed by atoms with Crippen LogP contribution in [0.15, 0.2) is 0 Å². The molecule has 0 amide bonds. The molecule has 0 aromatic carbocycles. The van der Waals surface area contributed by atoms with E-state index in [9.17, 15) is 9.59 Å². The van der Waals surface area contributed by atoms with Crippen LogP contribution >= 0.6 is 0 Å². The number of hydrogen-bond donors (Lipinski definition) is 3. The van der Waals surface area contributed by atoms with Gasteiger partial charge in [-0.05, 0) is 20.9 Å². The minimum atomic E-state index is -0.850. The van der Waals surface area contributed by atoms with Gasteiger partial charge in [0.25, 0.3) is 0 Å². The van der Waals surface area contributed by atoms with E-state index in [0.29, 0.717) is 0 Å². The predicted octanol–water partition coefficient (Wildman–Crippen LogP) is 0.119. The maximum atomic E-state index is 12.1. The highest BCUT2D eigenvalue weighted by atomic mass is 16.3. The Bertz CT molecular complexity index is 302. The largest absolute Gasteiger partial charge is 0.394 e. The summed E-state index contributed by atoms with van der Waals surface area (Å²) in [6.07, 6.45) is 0. The molecule has 0 aliphatic heterocycles. The Morgan fingerprint density at radius 3 is 2.00 bits per heavy atom. The Morgan fingerprint density at radius 2 is 1.67 bits per heavy atom. The first-order valence-corrected chi connectivity index (χ1v) is 6.17. The summed E-state index contributed by atoms with van der Waals surface area (Å²) in [5.74, 6) is -0.109. The molecular formula is C13H26N2O3. The number of carbonyl (C=O) groups excluding carboxylic acids is 2. The van der Waals surface area contributed by atoms with Gasteiger partial charge >= 0.3 is 0 Å². The third-order valence-electron chi connectivity index (χ3n) is 2.99. The van der Waals surface area contributed by atoms with Crippen molar-refractivity contribution in [2.75, 3.05) is 20.2 Å². The topological polar surface area (TPSA) is 78.4 Å². The first kappa shape index (κ1) is 17.2. The Morgan fingerprint density at radius 1 is 1.17 bits per heavy atom. The van der Waals surface area contributed by atoms with Gasteiger partial charge in [-0.15, -0.1) is 0 Å². The molecule has 0 fully saturated rings. The van der Waals surface area contributed by atoms with Crippen LogP contribution in [0.1, 0.15) is 34.6 Å². The summed E-state index contributed by atoms with van der Waals surface area (Å²) in [5, 5.41) is 14.8. The van der Waals surface area contributed by atoms with Crippen molar-refractivity contribution in [3.8, 4) is 0 Å². The first-order valence-electron chi connectivity index (χ1n) is 6.17. The SMILES string of the molecule is CNC(CO)C(=O)C(C)(C)NCC(=O)C(C)(C)C. The number of likely N-dealkylation sites (N-methyl/N-ethyl adjacent to an activating group) is 1. The number of aliphatic hydroxyl groups is 1. The zero-order valence-electron chi connectivity index (χ0n) is 12.3. The second-order valence-corrected chi connectivity index (χ2v) is 6.04. The third kappa shape index (κ3) is 4.84. The smallest absolute Gasteiger partial charge is 0.171 e. The van der Waals surface area contributed by atoms with E-state index in [1.165, 1.54) is 0 Å². The van der Waals surface area contributed by atoms with Gasteiger partial charge in [0.15, 0.2) is 11.6 Å². The van der Waals surface area contributed by atoms with Crippen LogP contribution in [-0.2, 0) is 9.59 Å². The molecule has 1 unspecified atom stereocenters. The molecule has 0 rings (SSSR count). The van der Waals surface area contributed by atoms with E-state index in [4.69, 9.17) is 5.11 Å². The van der Waals surface area contributed by atoms with Crippen LogP contribution in [0, 0.1) is 5.41 Å². The Labute approximate surface area is 109 Å². The summed E-state index contributed by atoms with van der Waals surface area (Å²) in [7, 11) is 1.62. The van der Waals surface area contributed by atoms with Gasteiger partial charge in [-0.1, -0.05) is 20.8 Å². The molecule has 0 spiro atoms. The van der Waals surface area contributed by atoms with Crippen molar-refractivity contribution in [1.82, 2.24) is 10.6 Å². The van der Waals surface area contributed by atoms with Gasteiger partial charge in [-0.3, -0.25) is 14.9 Å². The standard InChI is InChI=1S/C13H26N2O3/c1-12(2,3)10(17)7-15-13(4,5)11(18)9(8-16)14-6/h9,14-16H,7-8H2,1-6H3. The zero-order chi connectivity index (χ0) is 14.6. The molecule has 18 heavy (non-hydrogen) atoms. The van der Waals surface area contributed by atoms with Crippen LogP contribution in [0.2, 0.25) is 0 Å². The summed E-state index contributed by atoms with van der Waals surface area (Å²) in [4.78, 5) is 23.9. The molecule has 0 bridgehead atoms. The van der Waals surface area contributed by atoms with Crippen molar-refractivity contribution in [2.24, 2.45) is 5.41 Å². The molecule has 0 saturated carbocycles. The zero-order valence-corrected chi connectivity index (χ0v) is 12.3. The van der Waals surface area contributed by atoms with Crippen molar-refractivity contribution in [1.29, 1.82) is 0 Å². The molecule has 0 aromatic rings. The molecule has 0 aromatic heterocycles. The maximum absolute atomic E-state index is 12.1. The van der Waals surface area contributed by atoms with E-state index < -0.39 is 17.0 Å². The molecule has 5 heteroatoms. The van der Waals surface area contributed by atoms with E-state index in [2.05, 4.69) is 10.6 Å². The lowest BCUT2D eigenvalue weighted by Crippen LogP contribution is -2.57. The second kappa shape index (κ2) is 6.41. The number of hydrogen-bond acceptors (Lipinski definition) is 5. The number of aliphatic hydroxyl groups excluding tert-OH is 1. The number of Topliss-reactive ketones (excluding diaryl/α,β-unsaturated/α-hetero) is 2. The van der Waals surface area contributed by atoms with Crippen LogP contribution in [0.25, 0.3) is 0 Å². The van der Waals surface area contributed by atoms with E-state index in [1.807, 2.05) is 20.8 Å². The highest BCUT2D eigenvalue weighted by Gasteiger charge is 2.33. The summed E-state index contributed by atoms with van der Waals surface area (Å²) in [6, 6.07) is -0.614. The first-order chi connectivity index (χ1) is 8.06. The fraction of sp³-hybridized carbons (Fsp3) is 0.846. The molecule has 0 aliphatic rings. The molecule has 0 aliphatic carbocycles. The van der Waals surface area contributed by atoms with Crippen molar-refractivity contribution < 1.29 is 14.7 Å². The summed E-state index contributed by atoms with van der Waals surface area (Å²) in [5.41, 5.74) is -1.27. The number of rotatable bonds is 7. The van der Waals surface area contributed by atoms with Crippen molar-refractivity contribution >= 4 is 11.6 Å². The van der Waals surface area contributed by atoms with Crippen molar-refractivity contribution in [2.45, 2.75) is 46.2 Å². The number of carbonyl (C=O) groups is 2. The van der Waals surface area contributed by atoms with Crippen LogP contribution in [-0.4, -0.2) is 48.5 Å². The highest BCUT2D eigenvalue weighted by molar-refractivity contribution is 5.93. The van der Waals surface area contributed by atoms with E-state index in [1.54, 1.807) is 20.9 Å². The second-order valence-electron chi connectivity index (χ2n) is 6.04. The van der Waals surface area contributed by atoms with Crippen LogP contribution in [0.3, 0.4) is 0 Å². The minimum Gasteiger partial charge on any atom is -0.394 e. The van der Waals surface area contributed by atoms with Gasteiger partial charge in [-0.2, -0.15) is 0 Å². The van der Waals surface area contributed by atoms with Crippen LogP contribution in [0.4, 0.5) is 0 Å². The highest BCUT2D eigenvalue weighted by Crippen LogP contribution is 2.15. The molecule has 5 nitrogen and oxygen atoms in total. The lowest BCUT2D eigenvalue weighted by atomic mass is 9.89. The van der Waals surface area contributed by atoms with E-state index >= 15 is 0 Å². The predicted molar refractivity (Wildman–Crippen MR) is 71.5 cm³/mol. The molecule has 0 saturated heterocycles. The van der Waals surface area contributed by atoms with Gasteiger partial charge in [0, 0.05) is 5.41 Å². The summed E-state index contributed by atoms with van der Waals surface area (Å²) < 4.78 is 0. The van der Waals surface area contributed by atoms with E-state index in [0.717, 1.165) is 0 Å². The monoisotopic (exact) mass is 258 g/mol. The fourth-order valence-electron chi connectivity index (χ4n) is 1.39. The number of nitrogens with one attached hydrogen (secondary N) is 2. The molecule has 0 radical (unpaired) electrons. The van der Waals surface area contributed by atoms with Gasteiger partial charge in [-0.25, -0.2) is 0 Å². The Hall–Kier alpha value is -0.780. The third-order valence-corrected chi connectivity index (χ3v) is 2.99. The van der Waals surface area contributed by atoms with Crippen LogP contribution < -0.4 is 10.6 Å². The maximum Gasteiger partial charge on any atom is 0.171 e. The lowest BCUT2D eigenvalue weighted by molar-refractivity contribution is -0.129. The Balaban J connectivity index is 4.57. The molecule has 106 valence electrons. The average Bonchev–Trinajstić information content (AvgIpc) is 2.26. The van der Waals surface area contributed by atoms with Gasteiger partial charge in [0.1, 0.15) is 0 Å². The average molecular weight is 258 g/mol. The van der Waals surface area contributed by atoms with Gasteiger partial charge < -0.3 is 10.4 Å². The molecule has 0 heterocycles. The quantitative estimate of drug-likeness (QED) is 0.604. The fourth-order valence-corrected chi connectivity index (χ4v) is 1.39. The summed E-state index contributed by atoms with van der Waals surface area (Å²) >= 11 is 0. The minimum absolute atomic E-state index is 0.0494. The Kier molecular flexibility index (Phi) is 6.13. The van der Waals surface area contributed by atoms with Crippen molar-refractivity contribution in [3.05, 3.63) is 0 Å². The van der Waals surface area contributed by atoms with Gasteiger partial charge in [0.05, 0.1) is 24.7 Å². The van der Waals surface area contributed by atoms with Crippen LogP contribution in [0.5, 0.6) is 0 Å². The lowest BCUT2D eigenvalue weighted by Gasteiger charge is -2.29. The van der Waals surface area contributed by atoms with Gasteiger partial charge in [0.2, 0.25) is 0 Å². The molecule has 3 N–H and O–H groups in total. The number of ketones is 2. The van der Waals surface area contributed by atoms with Crippen molar-refractivity contribution in [3.63, 3.8) is 0 Å². The normalized spacial score (nSPS) is 14.4. The summed E-state index contributed by atoms with van der Waals surface area (Å²) in [6.45, 7) is 8.84.